The first-order valence-corrected chi connectivity index (χ1v) is 13.0. The molecule has 0 aromatic heterocycles. The Hall–Kier alpha value is -4.09. The van der Waals surface area contributed by atoms with Crippen molar-refractivity contribution in [1.29, 1.82) is 0 Å². The molecule has 2 fully saturated rings. The molecule has 1 amide bonds. The summed E-state index contributed by atoms with van der Waals surface area (Å²) in [5.74, 6) is -11.0. The lowest BCUT2D eigenvalue weighted by Gasteiger charge is -2.52. The van der Waals surface area contributed by atoms with Crippen molar-refractivity contribution in [3.8, 4) is 16.9 Å². The van der Waals surface area contributed by atoms with Crippen molar-refractivity contribution < 1.29 is 34.2 Å². The number of likely N-dealkylation sites (N-methyl/N-ethyl adjacent to an activating group) is 1. The highest BCUT2D eigenvalue weighted by molar-refractivity contribution is 6.32. The molecule has 0 bridgehead atoms. The highest BCUT2D eigenvalue weighted by atomic mass is 16.3. The smallest absolute Gasteiger partial charge is 0.235 e. The third kappa shape index (κ3) is 3.68. The molecule has 0 heterocycles. The van der Waals surface area contributed by atoms with E-state index in [1.807, 2.05) is 43.3 Å². The van der Waals surface area contributed by atoms with Crippen molar-refractivity contribution >= 4 is 40.4 Å². The monoisotopic (exact) mass is 548 g/mol. The van der Waals surface area contributed by atoms with Crippen LogP contribution in [0.5, 0.6) is 5.75 Å². The van der Waals surface area contributed by atoms with E-state index in [0.717, 1.165) is 11.3 Å². The predicted molar refractivity (Wildman–Crippen MR) is 146 cm³/mol. The van der Waals surface area contributed by atoms with E-state index in [9.17, 15) is 34.2 Å². The minimum Gasteiger partial charge on any atom is -0.505 e. The van der Waals surface area contributed by atoms with Crippen molar-refractivity contribution in [3.63, 3.8) is 0 Å². The number of benzene rings is 2. The van der Waals surface area contributed by atoms with Crippen LogP contribution in [-0.2, 0) is 25.6 Å². The van der Waals surface area contributed by atoms with Crippen LogP contribution in [0.3, 0.4) is 0 Å². The highest BCUT2D eigenvalue weighted by Crippen LogP contribution is 2.52. The van der Waals surface area contributed by atoms with Crippen LogP contribution >= 0.6 is 0 Å². The van der Waals surface area contributed by atoms with E-state index in [1.54, 1.807) is 20.2 Å². The van der Waals surface area contributed by atoms with E-state index >= 15 is 0 Å². The number of hydrogen-bond donors (Lipinski definition) is 4. The van der Waals surface area contributed by atoms with Crippen LogP contribution in [0.15, 0.2) is 30.3 Å². The number of aliphatic hydroxyl groups is 1. The number of carbonyl (C=O) groups excluding carboxylic acids is 5. The zero-order valence-electron chi connectivity index (χ0n) is 22.7. The van der Waals surface area contributed by atoms with Crippen molar-refractivity contribution in [2.24, 2.45) is 29.4 Å². The standard InChI is InChI=1S/C29H32N4O7/c1-32(2)14-7-5-12(6-8-14)15-11-18(30)23(34)20-16(15)9-13-10-17-22(33(3)4)25(36)21(28(31)39)27(38)29(17,40)26(37)19(13)24(20)35/h5-8,11,13,17,19,21-22,34,40H,9-10,30H2,1-4H3,(H2,31,39)/t13-,17-,19?,21?,22-,29-/m0/s1. The van der Waals surface area contributed by atoms with Gasteiger partial charge in [-0.25, -0.2) is 0 Å². The van der Waals surface area contributed by atoms with Gasteiger partial charge in [0.05, 0.1) is 23.2 Å². The Morgan fingerprint density at radius 1 is 1.02 bits per heavy atom. The van der Waals surface area contributed by atoms with Crippen LogP contribution in [0, 0.1) is 23.7 Å². The largest absolute Gasteiger partial charge is 0.505 e. The lowest BCUT2D eigenvalue weighted by molar-refractivity contribution is -0.181. The van der Waals surface area contributed by atoms with Gasteiger partial charge in [-0.2, -0.15) is 0 Å². The molecule has 2 saturated carbocycles. The first-order chi connectivity index (χ1) is 18.7. The Morgan fingerprint density at radius 3 is 2.20 bits per heavy atom. The molecule has 0 spiro atoms. The quantitative estimate of drug-likeness (QED) is 0.233. The lowest BCUT2D eigenvalue weighted by atomic mass is 9.52. The number of nitrogen functional groups attached to an aromatic ring is 1. The number of phenols is 1. The molecule has 6 atom stereocenters. The number of aromatic hydroxyl groups is 1. The van der Waals surface area contributed by atoms with Crippen LogP contribution in [0.1, 0.15) is 22.3 Å². The number of ketones is 4. The van der Waals surface area contributed by atoms with Gasteiger partial charge in [0.2, 0.25) is 5.91 Å². The number of nitrogens with two attached hydrogens (primary N) is 2. The number of carbonyl (C=O) groups is 5. The second kappa shape index (κ2) is 9.24. The average molecular weight is 549 g/mol. The van der Waals surface area contributed by atoms with E-state index in [0.29, 0.717) is 11.1 Å². The molecule has 0 saturated heterocycles. The summed E-state index contributed by atoms with van der Waals surface area (Å²) in [7, 11) is 6.90. The SMILES string of the molecule is CN(C)c1ccc(-c2cc(N)c(O)c3c2C[C@H]2C[C@H]4[C@H](N(C)C)C(=O)C(C(N)=O)C(=O)[C@@]4(O)C(=O)C2C3=O)cc1. The van der Waals surface area contributed by atoms with Crippen LogP contribution in [-0.4, -0.2) is 84.0 Å². The topological polar surface area (TPSA) is 184 Å². The van der Waals surface area contributed by atoms with Crippen molar-refractivity contribution in [1.82, 2.24) is 4.90 Å². The number of nitrogens with zero attached hydrogens (tertiary/aromatic N) is 2. The average Bonchev–Trinajstić information content (AvgIpc) is 2.88. The third-order valence-corrected chi connectivity index (χ3v) is 8.79. The predicted octanol–water partition coefficient (Wildman–Crippen LogP) is 0.182. The number of fused-ring (bicyclic) bond motifs is 3. The molecule has 5 rings (SSSR count). The number of Topliss-reactive ketones (excluding diaryl/α,β-unsaturated/α-hetero) is 4. The summed E-state index contributed by atoms with van der Waals surface area (Å²) in [5, 5.41) is 22.6. The van der Waals surface area contributed by atoms with E-state index in [1.165, 1.54) is 4.90 Å². The summed E-state index contributed by atoms with van der Waals surface area (Å²) in [5.41, 5.74) is 11.3. The fraction of sp³-hybridized carbons (Fsp3) is 0.414. The number of anilines is 2. The Balaban J connectivity index is 1.66. The zero-order chi connectivity index (χ0) is 29.4. The first kappa shape index (κ1) is 27.5. The molecule has 11 heteroatoms. The summed E-state index contributed by atoms with van der Waals surface area (Å²) < 4.78 is 0. The van der Waals surface area contributed by atoms with Crippen molar-refractivity contribution in [2.75, 3.05) is 38.8 Å². The molecule has 210 valence electrons. The number of phenolic OH excluding ortho intramolecular Hbond substituents is 1. The van der Waals surface area contributed by atoms with Gasteiger partial charge in [-0.05, 0) is 67.7 Å². The van der Waals surface area contributed by atoms with Crippen LogP contribution < -0.4 is 16.4 Å². The summed E-state index contributed by atoms with van der Waals surface area (Å²) in [6.45, 7) is 0. The van der Waals surface area contributed by atoms with Crippen molar-refractivity contribution in [3.05, 3.63) is 41.5 Å². The summed E-state index contributed by atoms with van der Waals surface area (Å²) in [6, 6.07) is 7.97. The maximum Gasteiger partial charge on any atom is 0.235 e. The second-order valence-corrected chi connectivity index (χ2v) is 11.4. The van der Waals surface area contributed by atoms with E-state index in [-0.39, 0.29) is 24.1 Å². The highest BCUT2D eigenvalue weighted by Gasteiger charge is 2.69. The van der Waals surface area contributed by atoms with Crippen molar-refractivity contribution in [2.45, 2.75) is 24.5 Å². The second-order valence-electron chi connectivity index (χ2n) is 11.4. The van der Waals surface area contributed by atoms with Crippen LogP contribution in [0.4, 0.5) is 11.4 Å². The lowest BCUT2D eigenvalue weighted by Crippen LogP contribution is -2.74. The Bertz CT molecular complexity index is 1480. The zero-order valence-corrected chi connectivity index (χ0v) is 22.7. The maximum atomic E-state index is 14.0. The molecule has 3 aliphatic carbocycles. The van der Waals surface area contributed by atoms with E-state index in [4.69, 9.17) is 11.5 Å². The summed E-state index contributed by atoms with van der Waals surface area (Å²) in [4.78, 5) is 70.0. The molecule has 0 radical (unpaired) electrons. The molecule has 40 heavy (non-hydrogen) atoms. The molecule has 2 aromatic carbocycles. The van der Waals surface area contributed by atoms with Gasteiger partial charge in [-0.3, -0.25) is 28.9 Å². The minimum atomic E-state index is -2.77. The summed E-state index contributed by atoms with van der Waals surface area (Å²) >= 11 is 0. The number of hydrogen-bond acceptors (Lipinski definition) is 10. The molecule has 2 unspecified atom stereocenters. The molecule has 11 nitrogen and oxygen atoms in total. The number of amides is 1. The maximum absolute atomic E-state index is 14.0. The molecular formula is C29H32N4O7. The van der Waals surface area contributed by atoms with Gasteiger partial charge >= 0.3 is 0 Å². The third-order valence-electron chi connectivity index (χ3n) is 8.79. The Kier molecular flexibility index (Phi) is 6.35. The first-order valence-electron chi connectivity index (χ1n) is 13.0. The Morgan fingerprint density at radius 2 is 1.65 bits per heavy atom. The minimum absolute atomic E-state index is 0.0198. The van der Waals surface area contributed by atoms with Gasteiger partial charge in [-0.1, -0.05) is 12.1 Å². The van der Waals surface area contributed by atoms with E-state index < -0.39 is 70.1 Å². The van der Waals surface area contributed by atoms with E-state index in [2.05, 4.69) is 0 Å². The van der Waals surface area contributed by atoms with Crippen LogP contribution in [0.2, 0.25) is 0 Å². The summed E-state index contributed by atoms with van der Waals surface area (Å²) in [6.07, 6.45) is 0.137. The van der Waals surface area contributed by atoms with Gasteiger partial charge in [-0.15, -0.1) is 0 Å². The fourth-order valence-corrected chi connectivity index (χ4v) is 6.89. The fourth-order valence-electron chi connectivity index (χ4n) is 6.89. The molecule has 2 aromatic rings. The molecule has 3 aliphatic rings. The van der Waals surface area contributed by atoms with Gasteiger partial charge in [0, 0.05) is 25.7 Å². The van der Waals surface area contributed by atoms with Crippen LogP contribution in [0.25, 0.3) is 11.1 Å². The molecular weight excluding hydrogens is 516 g/mol. The van der Waals surface area contributed by atoms with Gasteiger partial charge in [0.25, 0.3) is 0 Å². The number of rotatable bonds is 4. The van der Waals surface area contributed by atoms with Gasteiger partial charge in [0.15, 0.2) is 34.7 Å². The molecule has 6 N–H and O–H groups in total. The number of primary amides is 1. The molecule has 0 aliphatic heterocycles. The van der Waals surface area contributed by atoms with Gasteiger partial charge in [0.1, 0.15) is 5.75 Å². The normalized spacial score (nSPS) is 29.6. The van der Waals surface area contributed by atoms with Gasteiger partial charge < -0.3 is 26.6 Å². The Labute approximate surface area is 230 Å².